The number of fused-ring (bicyclic) bond motifs is 1. The SMILES string of the molecule is O=C(O)C1(S(=O)(=O)N2CCCN(c3ccc(C(F)(F)F)cn3)CC2)CCc2ccccc21. The van der Waals surface area contributed by atoms with Crippen molar-refractivity contribution >= 4 is 21.8 Å². The van der Waals surface area contributed by atoms with Crippen LogP contribution in [0.4, 0.5) is 19.0 Å². The van der Waals surface area contributed by atoms with Gasteiger partial charge in [0.2, 0.25) is 14.8 Å². The molecule has 0 spiro atoms. The molecule has 2 aliphatic rings. The average molecular weight is 469 g/mol. The van der Waals surface area contributed by atoms with E-state index in [4.69, 9.17) is 0 Å². The smallest absolute Gasteiger partial charge is 0.417 e. The van der Waals surface area contributed by atoms with Gasteiger partial charge in [0.15, 0.2) is 0 Å². The lowest BCUT2D eigenvalue weighted by molar-refractivity contribution is -0.140. The van der Waals surface area contributed by atoms with Crippen molar-refractivity contribution in [2.45, 2.75) is 30.2 Å². The quantitative estimate of drug-likeness (QED) is 0.741. The number of benzene rings is 1. The molecule has 1 atom stereocenters. The number of aliphatic carboxylic acids is 1. The molecule has 1 aromatic heterocycles. The molecule has 1 fully saturated rings. The Balaban J connectivity index is 1.58. The highest BCUT2D eigenvalue weighted by molar-refractivity contribution is 7.90. The molecule has 0 amide bonds. The molecule has 4 rings (SSSR count). The fourth-order valence-corrected chi connectivity index (χ4v) is 6.69. The molecule has 1 N–H and O–H groups in total. The number of aryl methyl sites for hydroxylation is 1. The van der Waals surface area contributed by atoms with Gasteiger partial charge < -0.3 is 10.0 Å². The van der Waals surface area contributed by atoms with Gasteiger partial charge in [-0.15, -0.1) is 0 Å². The van der Waals surface area contributed by atoms with Crippen LogP contribution in [-0.2, 0) is 32.2 Å². The number of halogens is 3. The normalized spacial score (nSPS) is 22.4. The van der Waals surface area contributed by atoms with E-state index in [0.29, 0.717) is 36.3 Å². The number of rotatable bonds is 4. The molecule has 0 radical (unpaired) electrons. The van der Waals surface area contributed by atoms with Crippen molar-refractivity contribution in [3.05, 3.63) is 59.3 Å². The van der Waals surface area contributed by atoms with Gasteiger partial charge in [-0.05, 0) is 42.5 Å². The zero-order valence-electron chi connectivity index (χ0n) is 17.0. The lowest BCUT2D eigenvalue weighted by Crippen LogP contribution is -2.51. The van der Waals surface area contributed by atoms with Crippen molar-refractivity contribution in [2.75, 3.05) is 31.1 Å². The van der Waals surface area contributed by atoms with Crippen LogP contribution in [-0.4, -0.2) is 55.0 Å². The van der Waals surface area contributed by atoms with Gasteiger partial charge in [-0.25, -0.2) is 13.4 Å². The van der Waals surface area contributed by atoms with Crippen LogP contribution in [0.3, 0.4) is 0 Å². The minimum atomic E-state index is -4.49. The first-order chi connectivity index (χ1) is 15.1. The Morgan fingerprint density at radius 3 is 2.47 bits per heavy atom. The second-order valence-electron chi connectivity index (χ2n) is 7.94. The summed E-state index contributed by atoms with van der Waals surface area (Å²) in [6.07, 6.45) is -3.03. The number of sulfonamides is 1. The summed E-state index contributed by atoms with van der Waals surface area (Å²) in [6.45, 7) is 0.717. The Kier molecular flexibility index (Phi) is 5.66. The summed E-state index contributed by atoms with van der Waals surface area (Å²) in [5.74, 6) is -1.08. The molecule has 1 aliphatic carbocycles. The Hall–Kier alpha value is -2.66. The van der Waals surface area contributed by atoms with E-state index in [1.54, 1.807) is 29.2 Å². The molecule has 172 valence electrons. The summed E-state index contributed by atoms with van der Waals surface area (Å²) >= 11 is 0. The number of pyridine rings is 1. The van der Waals surface area contributed by atoms with Crippen molar-refractivity contribution in [2.24, 2.45) is 0 Å². The third-order valence-corrected chi connectivity index (χ3v) is 8.70. The van der Waals surface area contributed by atoms with Crippen LogP contribution in [0.5, 0.6) is 0 Å². The first-order valence-corrected chi connectivity index (χ1v) is 11.6. The molecule has 1 aliphatic heterocycles. The molecule has 11 heteroatoms. The molecular formula is C21H22F3N3O4S. The lowest BCUT2D eigenvalue weighted by Gasteiger charge is -2.32. The molecule has 1 unspecified atom stereocenters. The molecule has 1 aromatic carbocycles. The average Bonchev–Trinajstić information content (AvgIpc) is 2.97. The fourth-order valence-electron chi connectivity index (χ4n) is 4.50. The summed E-state index contributed by atoms with van der Waals surface area (Å²) in [6, 6.07) is 8.90. The second-order valence-corrected chi connectivity index (χ2v) is 10.1. The van der Waals surface area contributed by atoms with Crippen molar-refractivity contribution < 1.29 is 31.5 Å². The van der Waals surface area contributed by atoms with Crippen LogP contribution in [0.1, 0.15) is 29.5 Å². The zero-order chi connectivity index (χ0) is 23.1. The van der Waals surface area contributed by atoms with E-state index in [2.05, 4.69) is 4.98 Å². The number of hydrogen-bond acceptors (Lipinski definition) is 5. The minimum absolute atomic E-state index is 0.0161. The van der Waals surface area contributed by atoms with Crippen molar-refractivity contribution in [1.82, 2.24) is 9.29 Å². The van der Waals surface area contributed by atoms with Crippen LogP contribution >= 0.6 is 0 Å². The number of carbonyl (C=O) groups is 1. The zero-order valence-corrected chi connectivity index (χ0v) is 17.9. The molecule has 2 heterocycles. The third-order valence-electron chi connectivity index (χ3n) is 6.18. The summed E-state index contributed by atoms with van der Waals surface area (Å²) < 4.78 is 64.8. The van der Waals surface area contributed by atoms with Gasteiger partial charge in [0.05, 0.1) is 5.56 Å². The number of aromatic nitrogens is 1. The van der Waals surface area contributed by atoms with Crippen LogP contribution < -0.4 is 4.90 Å². The standard InChI is InChI=1S/C21H22F3N3O4S/c22-21(23,24)16-6-7-18(25-14-16)26-10-3-11-27(13-12-26)32(30,31)20(19(28)29)9-8-15-4-1-2-5-17(15)20/h1-2,4-7,14H,3,8-13H2,(H,28,29). The maximum Gasteiger partial charge on any atom is 0.417 e. The van der Waals surface area contributed by atoms with E-state index in [0.717, 1.165) is 12.3 Å². The Morgan fingerprint density at radius 2 is 1.81 bits per heavy atom. The summed E-state index contributed by atoms with van der Waals surface area (Å²) in [4.78, 5) is 17.9. The Labute approximate surface area is 183 Å². The molecule has 0 bridgehead atoms. The lowest BCUT2D eigenvalue weighted by atomic mass is 10.0. The summed E-state index contributed by atoms with van der Waals surface area (Å²) in [5, 5.41) is 10.1. The fraction of sp³-hybridized carbons (Fsp3) is 0.429. The van der Waals surface area contributed by atoms with E-state index < -0.39 is 32.5 Å². The van der Waals surface area contributed by atoms with Crippen LogP contribution in [0.2, 0.25) is 0 Å². The van der Waals surface area contributed by atoms with Gasteiger partial charge in [-0.1, -0.05) is 24.3 Å². The van der Waals surface area contributed by atoms with Gasteiger partial charge in [0.25, 0.3) is 0 Å². The van der Waals surface area contributed by atoms with E-state index in [-0.39, 0.29) is 26.1 Å². The molecule has 7 nitrogen and oxygen atoms in total. The second kappa shape index (κ2) is 8.04. The molecule has 2 aromatic rings. The van der Waals surface area contributed by atoms with E-state index in [1.807, 2.05) is 0 Å². The van der Waals surface area contributed by atoms with Crippen LogP contribution in [0.25, 0.3) is 0 Å². The highest BCUT2D eigenvalue weighted by atomic mass is 32.2. The topological polar surface area (TPSA) is 90.8 Å². The van der Waals surface area contributed by atoms with E-state index in [9.17, 15) is 31.5 Å². The number of hydrogen-bond donors (Lipinski definition) is 1. The molecule has 0 saturated carbocycles. The van der Waals surface area contributed by atoms with E-state index >= 15 is 0 Å². The molecular weight excluding hydrogens is 447 g/mol. The maximum atomic E-state index is 13.7. The monoisotopic (exact) mass is 469 g/mol. The maximum absolute atomic E-state index is 13.7. The van der Waals surface area contributed by atoms with Crippen molar-refractivity contribution in [3.8, 4) is 0 Å². The number of anilines is 1. The van der Waals surface area contributed by atoms with E-state index in [1.165, 1.54) is 10.4 Å². The number of carboxylic acid groups (broad SMARTS) is 1. The largest absolute Gasteiger partial charge is 0.480 e. The Morgan fingerprint density at radius 1 is 1.06 bits per heavy atom. The molecule has 1 saturated heterocycles. The van der Waals surface area contributed by atoms with Crippen LogP contribution in [0.15, 0.2) is 42.6 Å². The Bertz CT molecular complexity index is 1120. The first-order valence-electron chi connectivity index (χ1n) is 10.2. The number of carboxylic acids is 1. The van der Waals surface area contributed by atoms with Gasteiger partial charge in [-0.2, -0.15) is 17.5 Å². The van der Waals surface area contributed by atoms with Crippen molar-refractivity contribution in [3.63, 3.8) is 0 Å². The predicted molar refractivity (Wildman–Crippen MR) is 111 cm³/mol. The first kappa shape index (κ1) is 22.5. The number of nitrogens with zero attached hydrogens (tertiary/aromatic N) is 3. The summed E-state index contributed by atoms with van der Waals surface area (Å²) in [5.41, 5.74) is 0.158. The van der Waals surface area contributed by atoms with Gasteiger partial charge in [0, 0.05) is 32.4 Å². The summed E-state index contributed by atoms with van der Waals surface area (Å²) in [7, 11) is -4.25. The van der Waals surface area contributed by atoms with Gasteiger partial charge >= 0.3 is 12.1 Å². The van der Waals surface area contributed by atoms with Crippen molar-refractivity contribution in [1.29, 1.82) is 0 Å². The molecule has 32 heavy (non-hydrogen) atoms. The minimum Gasteiger partial charge on any atom is -0.480 e. The highest BCUT2D eigenvalue weighted by Gasteiger charge is 2.58. The van der Waals surface area contributed by atoms with Crippen LogP contribution in [0, 0.1) is 0 Å². The van der Waals surface area contributed by atoms with Gasteiger partial charge in [-0.3, -0.25) is 4.79 Å². The van der Waals surface area contributed by atoms with Gasteiger partial charge in [0.1, 0.15) is 5.82 Å². The third kappa shape index (κ3) is 3.62. The predicted octanol–water partition coefficient (Wildman–Crippen LogP) is 2.87. The number of alkyl halides is 3. The highest BCUT2D eigenvalue weighted by Crippen LogP contribution is 2.45.